The van der Waals surface area contributed by atoms with E-state index >= 15 is 0 Å². The number of carbonyl (C=O) groups excluding carboxylic acids is 2. The largest absolute Gasteiger partial charge is 0.309 e. The summed E-state index contributed by atoms with van der Waals surface area (Å²) < 4.78 is 0. The van der Waals surface area contributed by atoms with Crippen molar-refractivity contribution in [1.29, 1.82) is 0 Å². The molecule has 2 saturated heterocycles. The average molecular weight is 431 g/mol. The van der Waals surface area contributed by atoms with Gasteiger partial charge in [0, 0.05) is 17.1 Å². The number of anilines is 2. The lowest BCUT2D eigenvalue weighted by molar-refractivity contribution is -0.118. The lowest BCUT2D eigenvalue weighted by atomic mass is 10.0. The highest BCUT2D eigenvalue weighted by atomic mass is 16.2. The van der Waals surface area contributed by atoms with Gasteiger partial charge >= 0.3 is 0 Å². The number of aromatic nitrogens is 2. The van der Waals surface area contributed by atoms with Crippen molar-refractivity contribution >= 4 is 34.4 Å². The topological polar surface area (TPSA) is 108 Å². The van der Waals surface area contributed by atoms with E-state index in [9.17, 15) is 9.59 Å². The number of hydrogen-bond donors (Lipinski definition) is 4. The first kappa shape index (κ1) is 20.5. The van der Waals surface area contributed by atoms with E-state index in [-0.39, 0.29) is 23.9 Å². The van der Waals surface area contributed by atoms with Crippen molar-refractivity contribution in [3.63, 3.8) is 0 Å². The molecule has 0 bridgehead atoms. The molecule has 0 saturated carbocycles. The van der Waals surface area contributed by atoms with Crippen LogP contribution in [0.5, 0.6) is 0 Å². The molecule has 2 fully saturated rings. The fraction of sp³-hybridized carbons (Fsp3) is 0.333. The van der Waals surface area contributed by atoms with Crippen LogP contribution >= 0.6 is 0 Å². The van der Waals surface area contributed by atoms with Crippen LogP contribution in [0, 0.1) is 0 Å². The molecule has 5 rings (SSSR count). The standard InChI is InChI=1S/C24H26N6O2/c31-23(19-3-1-11-25-19)29-21-9-7-17(14-27-21)15-5-8-18-16(13-15)6-10-22(28-18)30-24(32)20-4-2-12-26-20/h5-10,13-14,19-20,25-26H,1-4,11-12H2,(H,27,29,31)(H,28,30,32). The number of benzene rings is 1. The molecule has 2 amide bonds. The highest BCUT2D eigenvalue weighted by molar-refractivity contribution is 5.96. The van der Waals surface area contributed by atoms with Crippen LogP contribution in [0.1, 0.15) is 25.7 Å². The Bertz CT molecular complexity index is 1130. The van der Waals surface area contributed by atoms with E-state index in [2.05, 4.69) is 31.2 Å². The second kappa shape index (κ2) is 9.02. The van der Waals surface area contributed by atoms with Gasteiger partial charge < -0.3 is 21.3 Å². The molecular formula is C24H26N6O2. The van der Waals surface area contributed by atoms with Crippen molar-refractivity contribution in [2.75, 3.05) is 23.7 Å². The minimum Gasteiger partial charge on any atom is -0.309 e. The maximum Gasteiger partial charge on any atom is 0.242 e. The smallest absolute Gasteiger partial charge is 0.242 e. The molecule has 2 aliphatic heterocycles. The Hall–Kier alpha value is -3.36. The molecule has 0 spiro atoms. The van der Waals surface area contributed by atoms with Crippen LogP contribution in [-0.4, -0.2) is 47.0 Å². The summed E-state index contributed by atoms with van der Waals surface area (Å²) in [5, 5.41) is 13.1. The van der Waals surface area contributed by atoms with Crippen molar-refractivity contribution in [3.8, 4) is 11.1 Å². The molecule has 4 heterocycles. The molecule has 2 aromatic heterocycles. The van der Waals surface area contributed by atoms with E-state index < -0.39 is 0 Å². The van der Waals surface area contributed by atoms with Crippen molar-refractivity contribution in [2.45, 2.75) is 37.8 Å². The zero-order chi connectivity index (χ0) is 21.9. The van der Waals surface area contributed by atoms with Crippen molar-refractivity contribution in [3.05, 3.63) is 48.7 Å². The van der Waals surface area contributed by atoms with Gasteiger partial charge in [-0.15, -0.1) is 0 Å². The van der Waals surface area contributed by atoms with Gasteiger partial charge in [-0.3, -0.25) is 9.59 Å². The first-order valence-electron chi connectivity index (χ1n) is 11.1. The molecule has 8 heteroatoms. The third-order valence-corrected chi connectivity index (χ3v) is 6.04. The van der Waals surface area contributed by atoms with Crippen molar-refractivity contribution in [2.24, 2.45) is 0 Å². The predicted octanol–water partition coefficient (Wildman–Crippen LogP) is 2.68. The number of fused-ring (bicyclic) bond motifs is 1. The predicted molar refractivity (Wildman–Crippen MR) is 124 cm³/mol. The quantitative estimate of drug-likeness (QED) is 0.496. The third kappa shape index (κ3) is 4.46. The van der Waals surface area contributed by atoms with Gasteiger partial charge in [-0.25, -0.2) is 9.97 Å². The van der Waals surface area contributed by atoms with Gasteiger partial charge in [-0.2, -0.15) is 0 Å². The Labute approximate surface area is 186 Å². The zero-order valence-electron chi connectivity index (χ0n) is 17.7. The summed E-state index contributed by atoms with van der Waals surface area (Å²) >= 11 is 0. The molecule has 1 aromatic carbocycles. The second-order valence-corrected chi connectivity index (χ2v) is 8.31. The van der Waals surface area contributed by atoms with Crippen LogP contribution in [0.25, 0.3) is 22.0 Å². The lowest BCUT2D eigenvalue weighted by Gasteiger charge is -2.12. The van der Waals surface area contributed by atoms with Gasteiger partial charge in [0.2, 0.25) is 11.8 Å². The highest BCUT2D eigenvalue weighted by Gasteiger charge is 2.23. The van der Waals surface area contributed by atoms with Gasteiger partial charge in [0.25, 0.3) is 0 Å². The molecular weight excluding hydrogens is 404 g/mol. The SMILES string of the molecule is O=C(Nc1ccc(-c2ccc3nc(NC(=O)C4CCCN4)ccc3c2)cn1)C1CCCN1. The summed E-state index contributed by atoms with van der Waals surface area (Å²) in [5.41, 5.74) is 2.77. The summed E-state index contributed by atoms with van der Waals surface area (Å²) in [6.45, 7) is 1.76. The zero-order valence-corrected chi connectivity index (χ0v) is 17.7. The van der Waals surface area contributed by atoms with E-state index in [1.165, 1.54) is 0 Å². The van der Waals surface area contributed by atoms with E-state index in [1.54, 1.807) is 6.20 Å². The summed E-state index contributed by atoms with van der Waals surface area (Å²) in [5.74, 6) is 1.04. The van der Waals surface area contributed by atoms with Gasteiger partial charge in [0.15, 0.2) is 0 Å². The lowest BCUT2D eigenvalue weighted by Crippen LogP contribution is -2.35. The minimum absolute atomic E-state index is 0.0343. The van der Waals surface area contributed by atoms with E-state index in [0.717, 1.165) is 60.8 Å². The molecule has 0 aliphatic carbocycles. The Kier molecular flexibility index (Phi) is 5.79. The molecule has 2 aliphatic rings. The fourth-order valence-electron chi connectivity index (χ4n) is 4.26. The maximum atomic E-state index is 12.3. The molecule has 0 radical (unpaired) electrons. The minimum atomic E-state index is -0.135. The van der Waals surface area contributed by atoms with Crippen molar-refractivity contribution < 1.29 is 9.59 Å². The Morgan fingerprint density at radius 1 is 0.812 bits per heavy atom. The van der Waals surface area contributed by atoms with Crippen LogP contribution in [0.2, 0.25) is 0 Å². The number of nitrogens with one attached hydrogen (secondary N) is 4. The summed E-state index contributed by atoms with van der Waals surface area (Å²) in [4.78, 5) is 33.5. The van der Waals surface area contributed by atoms with Gasteiger partial charge in [-0.1, -0.05) is 6.07 Å². The van der Waals surface area contributed by atoms with Crippen LogP contribution < -0.4 is 21.3 Å². The van der Waals surface area contributed by atoms with Crippen LogP contribution in [0.4, 0.5) is 11.6 Å². The number of pyridine rings is 2. The fourth-order valence-corrected chi connectivity index (χ4v) is 4.26. The first-order valence-corrected chi connectivity index (χ1v) is 11.1. The van der Waals surface area contributed by atoms with Gasteiger partial charge in [0.1, 0.15) is 11.6 Å². The number of nitrogens with zero attached hydrogens (tertiary/aromatic N) is 2. The number of carbonyl (C=O) groups is 2. The number of rotatable bonds is 5. The monoisotopic (exact) mass is 430 g/mol. The maximum absolute atomic E-state index is 12.3. The third-order valence-electron chi connectivity index (χ3n) is 6.04. The molecule has 2 unspecified atom stereocenters. The Morgan fingerprint density at radius 2 is 1.47 bits per heavy atom. The molecule has 164 valence electrons. The van der Waals surface area contributed by atoms with Gasteiger partial charge in [0.05, 0.1) is 17.6 Å². The van der Waals surface area contributed by atoms with E-state index in [0.29, 0.717) is 11.6 Å². The van der Waals surface area contributed by atoms with Crippen LogP contribution in [0.15, 0.2) is 48.7 Å². The molecule has 2 atom stereocenters. The number of amides is 2. The highest BCUT2D eigenvalue weighted by Crippen LogP contribution is 2.25. The summed E-state index contributed by atoms with van der Waals surface area (Å²) in [6, 6.07) is 13.3. The average Bonchev–Trinajstić information content (AvgIpc) is 3.54. The van der Waals surface area contributed by atoms with E-state index in [4.69, 9.17) is 0 Å². The van der Waals surface area contributed by atoms with E-state index in [1.807, 2.05) is 42.5 Å². The molecule has 3 aromatic rings. The summed E-state index contributed by atoms with van der Waals surface area (Å²) in [7, 11) is 0. The number of hydrogen-bond acceptors (Lipinski definition) is 6. The van der Waals surface area contributed by atoms with Crippen molar-refractivity contribution in [1.82, 2.24) is 20.6 Å². The van der Waals surface area contributed by atoms with Gasteiger partial charge in [-0.05, 0) is 80.7 Å². The first-order chi connectivity index (χ1) is 15.7. The normalized spacial score (nSPS) is 20.4. The Balaban J connectivity index is 1.27. The van der Waals surface area contributed by atoms with Crippen LogP contribution in [-0.2, 0) is 9.59 Å². The molecule has 32 heavy (non-hydrogen) atoms. The van der Waals surface area contributed by atoms with Crippen LogP contribution in [0.3, 0.4) is 0 Å². The Morgan fingerprint density at radius 3 is 2.09 bits per heavy atom. The molecule has 4 N–H and O–H groups in total. The molecule has 8 nitrogen and oxygen atoms in total. The summed E-state index contributed by atoms with van der Waals surface area (Å²) in [6.07, 6.45) is 5.52. The second-order valence-electron chi connectivity index (χ2n) is 8.31.